The second-order valence-electron chi connectivity index (χ2n) is 4.99. The van der Waals surface area contributed by atoms with Gasteiger partial charge in [0, 0.05) is 17.8 Å². The van der Waals surface area contributed by atoms with E-state index >= 15 is 0 Å². The summed E-state index contributed by atoms with van der Waals surface area (Å²) >= 11 is 0. The fourth-order valence-corrected chi connectivity index (χ4v) is 1.80. The Morgan fingerprint density at radius 1 is 1.38 bits per heavy atom. The molecule has 0 aromatic heterocycles. The molecule has 114 valence electrons. The van der Waals surface area contributed by atoms with Gasteiger partial charge in [-0.25, -0.2) is 4.79 Å². The highest BCUT2D eigenvalue weighted by Crippen LogP contribution is 2.17. The number of hydrogen-bond acceptors (Lipinski definition) is 4. The molecule has 3 amide bonds. The number of anilines is 1. The first-order chi connectivity index (χ1) is 9.79. The third-order valence-corrected chi connectivity index (χ3v) is 2.66. The maximum Gasteiger partial charge on any atom is 0.312 e. The molecule has 1 atom stereocenters. The van der Waals surface area contributed by atoms with Crippen molar-refractivity contribution in [2.45, 2.75) is 26.3 Å². The Hall–Kier alpha value is -2.64. The van der Waals surface area contributed by atoms with Gasteiger partial charge in [-0.3, -0.25) is 14.9 Å². The molecule has 0 radical (unpaired) electrons. The zero-order valence-electron chi connectivity index (χ0n) is 11.8. The van der Waals surface area contributed by atoms with Crippen molar-refractivity contribution in [1.29, 1.82) is 0 Å². The summed E-state index contributed by atoms with van der Waals surface area (Å²) in [7, 11) is 0. The molecule has 1 aromatic carbocycles. The lowest BCUT2D eigenvalue weighted by molar-refractivity contribution is -0.384. The van der Waals surface area contributed by atoms with Crippen LogP contribution in [0, 0.1) is 16.0 Å². The van der Waals surface area contributed by atoms with Crippen LogP contribution >= 0.6 is 0 Å². The molecule has 0 saturated carbocycles. The molecule has 0 spiro atoms. The van der Waals surface area contributed by atoms with Gasteiger partial charge < -0.3 is 16.4 Å². The molecule has 8 heteroatoms. The van der Waals surface area contributed by atoms with Crippen molar-refractivity contribution in [3.63, 3.8) is 0 Å². The predicted molar refractivity (Wildman–Crippen MR) is 77.7 cm³/mol. The monoisotopic (exact) mass is 294 g/mol. The number of nitrogens with one attached hydrogen (secondary N) is 2. The first kappa shape index (κ1) is 16.4. The van der Waals surface area contributed by atoms with E-state index in [1.807, 2.05) is 13.8 Å². The maximum atomic E-state index is 12.1. The van der Waals surface area contributed by atoms with Gasteiger partial charge in [0.25, 0.3) is 5.69 Å². The van der Waals surface area contributed by atoms with Crippen molar-refractivity contribution in [2.75, 3.05) is 5.32 Å². The standard InChI is InChI=1S/C13H18N4O4/c1-8(2)6-11(16-13(14)19)12(18)15-9-4-3-5-10(7-9)17(20)21/h3-5,7-8,11H,6H2,1-2H3,(H,15,18)(H3,14,16,19)/t11-/m1/s1. The van der Waals surface area contributed by atoms with Gasteiger partial charge in [0.15, 0.2) is 0 Å². The number of urea groups is 1. The molecule has 0 aliphatic heterocycles. The van der Waals surface area contributed by atoms with Crippen LogP contribution in [0.3, 0.4) is 0 Å². The molecule has 0 aliphatic rings. The van der Waals surface area contributed by atoms with Gasteiger partial charge in [-0.15, -0.1) is 0 Å². The molecule has 21 heavy (non-hydrogen) atoms. The van der Waals surface area contributed by atoms with Crippen molar-refractivity contribution >= 4 is 23.3 Å². The summed E-state index contributed by atoms with van der Waals surface area (Å²) in [6.07, 6.45) is 0.406. The van der Waals surface area contributed by atoms with E-state index < -0.39 is 22.9 Å². The Labute approximate surface area is 121 Å². The van der Waals surface area contributed by atoms with E-state index in [0.29, 0.717) is 6.42 Å². The lowest BCUT2D eigenvalue weighted by Gasteiger charge is -2.19. The quantitative estimate of drug-likeness (QED) is 0.544. The normalized spacial score (nSPS) is 11.8. The van der Waals surface area contributed by atoms with Crippen LogP contribution in [0.5, 0.6) is 0 Å². The number of primary amides is 1. The number of nitrogens with zero attached hydrogens (tertiary/aromatic N) is 1. The summed E-state index contributed by atoms with van der Waals surface area (Å²) in [6, 6.07) is 3.97. The highest BCUT2D eigenvalue weighted by molar-refractivity contribution is 5.97. The molecule has 8 nitrogen and oxygen atoms in total. The molecule has 1 aromatic rings. The molecule has 0 aliphatic carbocycles. The molecular formula is C13H18N4O4. The number of nitro benzene ring substituents is 1. The highest BCUT2D eigenvalue weighted by Gasteiger charge is 2.21. The van der Waals surface area contributed by atoms with Gasteiger partial charge in [-0.05, 0) is 18.4 Å². The minimum Gasteiger partial charge on any atom is -0.352 e. The van der Waals surface area contributed by atoms with Crippen molar-refractivity contribution in [1.82, 2.24) is 5.32 Å². The zero-order chi connectivity index (χ0) is 16.0. The smallest absolute Gasteiger partial charge is 0.312 e. The SMILES string of the molecule is CC(C)C[C@@H](NC(N)=O)C(=O)Nc1cccc([N+](=O)[O-])c1. The second kappa shape index (κ2) is 7.22. The molecule has 0 fully saturated rings. The molecule has 1 rings (SSSR count). The molecule has 4 N–H and O–H groups in total. The minimum absolute atomic E-state index is 0.129. The summed E-state index contributed by atoms with van der Waals surface area (Å²) in [5.41, 5.74) is 5.20. The maximum absolute atomic E-state index is 12.1. The lowest BCUT2D eigenvalue weighted by Crippen LogP contribution is -2.46. The number of carbonyl (C=O) groups excluding carboxylic acids is 2. The third-order valence-electron chi connectivity index (χ3n) is 2.66. The Morgan fingerprint density at radius 3 is 2.57 bits per heavy atom. The highest BCUT2D eigenvalue weighted by atomic mass is 16.6. The number of non-ortho nitro benzene ring substituents is 1. The van der Waals surface area contributed by atoms with Crippen molar-refractivity contribution in [3.05, 3.63) is 34.4 Å². The number of carbonyl (C=O) groups is 2. The number of rotatable bonds is 6. The predicted octanol–water partition coefficient (Wildman–Crippen LogP) is 1.62. The van der Waals surface area contributed by atoms with Gasteiger partial charge in [-0.1, -0.05) is 19.9 Å². The Kier molecular flexibility index (Phi) is 5.65. The number of nitro groups is 1. The molecular weight excluding hydrogens is 276 g/mol. The zero-order valence-corrected chi connectivity index (χ0v) is 11.8. The Morgan fingerprint density at radius 2 is 2.05 bits per heavy atom. The van der Waals surface area contributed by atoms with Gasteiger partial charge in [-0.2, -0.15) is 0 Å². The van der Waals surface area contributed by atoms with Crippen LogP contribution in [0.4, 0.5) is 16.2 Å². The largest absolute Gasteiger partial charge is 0.352 e. The summed E-state index contributed by atoms with van der Waals surface area (Å²) in [6.45, 7) is 3.80. The van der Waals surface area contributed by atoms with Crippen LogP contribution in [0.25, 0.3) is 0 Å². The number of benzene rings is 1. The average Bonchev–Trinajstić information content (AvgIpc) is 2.37. The van der Waals surface area contributed by atoms with Gasteiger partial charge in [0.1, 0.15) is 6.04 Å². The van der Waals surface area contributed by atoms with E-state index in [2.05, 4.69) is 10.6 Å². The van der Waals surface area contributed by atoms with E-state index in [-0.39, 0.29) is 17.3 Å². The van der Waals surface area contributed by atoms with Gasteiger partial charge >= 0.3 is 6.03 Å². The fourth-order valence-electron chi connectivity index (χ4n) is 1.80. The fraction of sp³-hybridized carbons (Fsp3) is 0.385. The Bertz CT molecular complexity index is 545. The summed E-state index contributed by atoms with van der Waals surface area (Å²) in [5, 5.41) is 15.6. The number of hydrogen-bond donors (Lipinski definition) is 3. The van der Waals surface area contributed by atoms with Crippen LogP contribution in [-0.2, 0) is 4.79 Å². The topological polar surface area (TPSA) is 127 Å². The van der Waals surface area contributed by atoms with Crippen LogP contribution in [0.2, 0.25) is 0 Å². The van der Waals surface area contributed by atoms with Crippen LogP contribution in [0.1, 0.15) is 20.3 Å². The van der Waals surface area contributed by atoms with Crippen LogP contribution in [-0.4, -0.2) is 22.9 Å². The molecule has 0 unspecified atom stereocenters. The first-order valence-corrected chi connectivity index (χ1v) is 6.41. The van der Waals surface area contributed by atoms with Crippen molar-refractivity contribution in [3.8, 4) is 0 Å². The van der Waals surface area contributed by atoms with E-state index in [0.717, 1.165) is 0 Å². The summed E-state index contributed by atoms with van der Waals surface area (Å²) < 4.78 is 0. The van der Waals surface area contributed by atoms with E-state index in [4.69, 9.17) is 5.73 Å². The number of nitrogens with two attached hydrogens (primary N) is 1. The van der Waals surface area contributed by atoms with Crippen LogP contribution in [0.15, 0.2) is 24.3 Å². The van der Waals surface area contributed by atoms with Gasteiger partial charge in [0.2, 0.25) is 5.91 Å². The summed E-state index contributed by atoms with van der Waals surface area (Å²) in [5.74, 6) is -0.305. The number of amides is 3. The first-order valence-electron chi connectivity index (χ1n) is 6.41. The Balaban J connectivity index is 2.82. The lowest BCUT2D eigenvalue weighted by atomic mass is 10.0. The van der Waals surface area contributed by atoms with E-state index in [1.54, 1.807) is 0 Å². The average molecular weight is 294 g/mol. The van der Waals surface area contributed by atoms with Gasteiger partial charge in [0.05, 0.1) is 4.92 Å². The van der Waals surface area contributed by atoms with Crippen LogP contribution < -0.4 is 16.4 Å². The third kappa shape index (κ3) is 5.47. The minimum atomic E-state index is -0.796. The summed E-state index contributed by atoms with van der Waals surface area (Å²) in [4.78, 5) is 33.2. The molecule has 0 bridgehead atoms. The second-order valence-corrected chi connectivity index (χ2v) is 4.99. The van der Waals surface area contributed by atoms with E-state index in [1.165, 1.54) is 24.3 Å². The van der Waals surface area contributed by atoms with E-state index in [9.17, 15) is 19.7 Å². The molecule has 0 heterocycles. The van der Waals surface area contributed by atoms with Crippen molar-refractivity contribution in [2.24, 2.45) is 11.7 Å². The molecule has 0 saturated heterocycles. The van der Waals surface area contributed by atoms with Crippen molar-refractivity contribution < 1.29 is 14.5 Å².